The van der Waals surface area contributed by atoms with Crippen LogP contribution in [0.4, 0.5) is 0 Å². The van der Waals surface area contributed by atoms with Crippen molar-refractivity contribution in [1.82, 2.24) is 0 Å². The largest absolute Gasteiger partial charge is 0.467 e. The minimum absolute atomic E-state index is 0.375. The van der Waals surface area contributed by atoms with E-state index in [-0.39, 0.29) is 0 Å². The van der Waals surface area contributed by atoms with Crippen molar-refractivity contribution in [3.05, 3.63) is 83.9 Å². The molecule has 0 radical (unpaired) electrons. The maximum absolute atomic E-state index is 6.43. The Morgan fingerprint density at radius 3 is 1.68 bits per heavy atom. The van der Waals surface area contributed by atoms with Gasteiger partial charge in [-0.15, -0.1) is 0 Å². The van der Waals surface area contributed by atoms with Crippen LogP contribution in [0, 0.1) is 37.5 Å². The van der Waals surface area contributed by atoms with Crippen LogP contribution in [0.5, 0.6) is 5.75 Å². The van der Waals surface area contributed by atoms with Crippen LogP contribution in [-0.4, -0.2) is 12.9 Å². The molecule has 4 aliphatic carbocycles. The Balaban J connectivity index is 1.20. The molecule has 0 amide bonds. The third-order valence-corrected chi connectivity index (χ3v) is 10.7. The lowest BCUT2D eigenvalue weighted by Gasteiger charge is -2.53. The molecule has 176 valence electrons. The molecule has 0 heterocycles. The van der Waals surface area contributed by atoms with Crippen LogP contribution in [0.15, 0.2) is 72.8 Å². The Morgan fingerprint density at radius 1 is 0.676 bits per heavy atom. The smallest absolute Gasteiger partial charge is 0.189 e. The zero-order valence-electron chi connectivity index (χ0n) is 20.3. The summed E-state index contributed by atoms with van der Waals surface area (Å²) in [6, 6.07) is 26.5. The minimum atomic E-state index is -0.608. The number of benzene rings is 3. The molecule has 3 heteroatoms. The van der Waals surface area contributed by atoms with E-state index in [0.717, 1.165) is 29.4 Å². The highest BCUT2D eigenvalue weighted by Crippen LogP contribution is 2.54. The Kier molecular flexibility index (Phi) is 6.22. The molecule has 0 saturated heterocycles. The number of aryl methyl sites for hydroxylation is 2. The second-order valence-corrected chi connectivity index (χ2v) is 13.0. The maximum Gasteiger partial charge on any atom is 0.189 e. The summed E-state index contributed by atoms with van der Waals surface area (Å²) >= 11 is 0. The maximum atomic E-state index is 6.43. The average Bonchev–Trinajstić information content (AvgIpc) is 2.83. The van der Waals surface area contributed by atoms with Gasteiger partial charge >= 0.3 is 0 Å². The standard InChI is InChI=1S/C31H35O2P/c1-21-13-29(34(27-9-5-3-6-10-27)28-11-7-4-8-12-28)14-22(2)30(21)32-20-33-31-25-16-23-15-24(18-25)19-26(31)17-23/h3-14,23-26,31H,15-20H2,1-2H3. The number of hydrogen-bond donors (Lipinski definition) is 0. The Bertz CT molecular complexity index is 1040. The van der Waals surface area contributed by atoms with Gasteiger partial charge in [0.15, 0.2) is 6.79 Å². The van der Waals surface area contributed by atoms with E-state index in [1.54, 1.807) is 0 Å². The van der Waals surface area contributed by atoms with Crippen molar-refractivity contribution in [1.29, 1.82) is 0 Å². The van der Waals surface area contributed by atoms with Gasteiger partial charge in [-0.2, -0.15) is 0 Å². The van der Waals surface area contributed by atoms with Gasteiger partial charge in [0, 0.05) is 0 Å². The normalized spacial score (nSPS) is 27.3. The Hall–Kier alpha value is -2.15. The molecule has 0 aromatic heterocycles. The van der Waals surface area contributed by atoms with Crippen LogP contribution in [0.25, 0.3) is 0 Å². The number of rotatable bonds is 7. The minimum Gasteiger partial charge on any atom is -0.467 e. The van der Waals surface area contributed by atoms with Crippen LogP contribution in [0.3, 0.4) is 0 Å². The summed E-state index contributed by atoms with van der Waals surface area (Å²) in [7, 11) is -0.608. The zero-order valence-corrected chi connectivity index (χ0v) is 21.2. The quantitative estimate of drug-likeness (QED) is 0.301. The van der Waals surface area contributed by atoms with E-state index in [9.17, 15) is 0 Å². The molecule has 4 bridgehead atoms. The fourth-order valence-corrected chi connectivity index (χ4v) is 9.68. The highest BCUT2D eigenvalue weighted by molar-refractivity contribution is 7.79. The second kappa shape index (κ2) is 9.48. The summed E-state index contributed by atoms with van der Waals surface area (Å²) in [5.41, 5.74) is 2.39. The molecule has 0 atom stereocenters. The first-order valence-corrected chi connectivity index (χ1v) is 14.3. The van der Waals surface area contributed by atoms with Gasteiger partial charge < -0.3 is 9.47 Å². The topological polar surface area (TPSA) is 18.5 Å². The lowest BCUT2D eigenvalue weighted by Crippen LogP contribution is -2.49. The van der Waals surface area contributed by atoms with Crippen LogP contribution >= 0.6 is 7.92 Å². The SMILES string of the molecule is Cc1cc(P(c2ccccc2)c2ccccc2)cc(C)c1OCOC1C2CC3CC(C2)CC1C3. The lowest BCUT2D eigenvalue weighted by molar-refractivity contribution is -0.155. The predicted molar refractivity (Wildman–Crippen MR) is 142 cm³/mol. The summed E-state index contributed by atoms with van der Waals surface area (Å²) in [4.78, 5) is 0. The van der Waals surface area contributed by atoms with Crippen molar-refractivity contribution in [2.75, 3.05) is 6.79 Å². The van der Waals surface area contributed by atoms with Gasteiger partial charge in [-0.05, 0) is 117 Å². The summed E-state index contributed by atoms with van der Waals surface area (Å²) < 4.78 is 12.7. The van der Waals surface area contributed by atoms with Gasteiger partial charge in [0.1, 0.15) is 5.75 Å². The molecule has 0 unspecified atom stereocenters. The summed E-state index contributed by atoms with van der Waals surface area (Å²) in [6.07, 6.45) is 7.42. The molecule has 34 heavy (non-hydrogen) atoms. The zero-order chi connectivity index (χ0) is 23.1. The van der Waals surface area contributed by atoms with Gasteiger partial charge in [-0.1, -0.05) is 60.7 Å². The molecule has 0 spiro atoms. The first-order chi connectivity index (χ1) is 16.7. The molecule has 0 aliphatic heterocycles. The van der Waals surface area contributed by atoms with E-state index < -0.39 is 7.92 Å². The van der Waals surface area contributed by atoms with Crippen LogP contribution < -0.4 is 20.7 Å². The monoisotopic (exact) mass is 470 g/mol. The van der Waals surface area contributed by atoms with E-state index >= 15 is 0 Å². The van der Waals surface area contributed by atoms with Crippen LogP contribution in [-0.2, 0) is 4.74 Å². The van der Waals surface area contributed by atoms with Crippen molar-refractivity contribution >= 4 is 23.8 Å². The molecule has 4 aliphatic rings. The van der Waals surface area contributed by atoms with Gasteiger partial charge in [0.25, 0.3) is 0 Å². The van der Waals surface area contributed by atoms with Crippen molar-refractivity contribution in [2.45, 2.75) is 52.1 Å². The van der Waals surface area contributed by atoms with E-state index in [1.165, 1.54) is 59.1 Å². The third kappa shape index (κ3) is 4.32. The number of ether oxygens (including phenoxy) is 2. The first kappa shape index (κ1) is 22.3. The van der Waals surface area contributed by atoms with Gasteiger partial charge in [0.2, 0.25) is 0 Å². The highest BCUT2D eigenvalue weighted by atomic mass is 31.1. The third-order valence-electron chi connectivity index (χ3n) is 8.34. The summed E-state index contributed by atoms with van der Waals surface area (Å²) in [5, 5.41) is 4.12. The van der Waals surface area contributed by atoms with Crippen molar-refractivity contribution in [3.63, 3.8) is 0 Å². The average molecular weight is 471 g/mol. The Labute approximate surface area is 205 Å². The number of hydrogen-bond acceptors (Lipinski definition) is 2. The van der Waals surface area contributed by atoms with E-state index in [1.807, 2.05) is 0 Å². The van der Waals surface area contributed by atoms with E-state index in [4.69, 9.17) is 9.47 Å². The molecular formula is C31H35O2P. The van der Waals surface area contributed by atoms with Gasteiger partial charge in [0.05, 0.1) is 6.10 Å². The molecule has 2 nitrogen and oxygen atoms in total. The van der Waals surface area contributed by atoms with Crippen molar-refractivity contribution in [2.24, 2.45) is 23.7 Å². The molecule has 0 N–H and O–H groups in total. The summed E-state index contributed by atoms with van der Waals surface area (Å²) in [5.74, 6) is 4.48. The highest BCUT2D eigenvalue weighted by Gasteiger charge is 2.48. The molecule has 4 saturated carbocycles. The fraction of sp³-hybridized carbons (Fsp3) is 0.419. The molecule has 3 aromatic rings. The second-order valence-electron chi connectivity index (χ2n) is 10.7. The predicted octanol–water partition coefficient (Wildman–Crippen LogP) is 6.24. The van der Waals surface area contributed by atoms with E-state index in [2.05, 4.69) is 86.6 Å². The van der Waals surface area contributed by atoms with Crippen LogP contribution in [0.1, 0.15) is 43.2 Å². The molecular weight excluding hydrogens is 435 g/mol. The summed E-state index contributed by atoms with van der Waals surface area (Å²) in [6.45, 7) is 4.73. The molecule has 4 fully saturated rings. The van der Waals surface area contributed by atoms with Crippen LogP contribution in [0.2, 0.25) is 0 Å². The first-order valence-electron chi connectivity index (χ1n) is 12.9. The van der Waals surface area contributed by atoms with Gasteiger partial charge in [-0.25, -0.2) is 0 Å². The van der Waals surface area contributed by atoms with Crippen molar-refractivity contribution in [3.8, 4) is 5.75 Å². The molecule has 3 aromatic carbocycles. The Morgan fingerprint density at radius 2 is 1.18 bits per heavy atom. The van der Waals surface area contributed by atoms with Gasteiger partial charge in [-0.3, -0.25) is 0 Å². The fourth-order valence-electron chi connectivity index (χ4n) is 7.20. The van der Waals surface area contributed by atoms with E-state index in [0.29, 0.717) is 12.9 Å². The lowest BCUT2D eigenvalue weighted by atomic mass is 9.55. The van der Waals surface area contributed by atoms with Crippen molar-refractivity contribution < 1.29 is 9.47 Å². The molecule has 7 rings (SSSR count).